The van der Waals surface area contributed by atoms with Crippen LogP contribution in [0, 0.1) is 0 Å². The lowest BCUT2D eigenvalue weighted by Crippen LogP contribution is -2.28. The molecule has 18 heavy (non-hydrogen) atoms. The van der Waals surface area contributed by atoms with Gasteiger partial charge in [0.2, 0.25) is 7.37 Å². The van der Waals surface area contributed by atoms with E-state index < -0.39 is 19.7 Å². The molecule has 2 fully saturated rings. The summed E-state index contributed by atoms with van der Waals surface area (Å²) >= 11 is 0. The molecule has 0 spiro atoms. The molecular weight excluding hydrogens is 257 g/mol. The molecule has 0 bridgehead atoms. The van der Waals surface area contributed by atoms with Crippen LogP contribution in [0.5, 0.6) is 0 Å². The largest absolute Gasteiger partial charge is 0.331 e. The molecule has 2 rings (SSSR count). The molecule has 0 amide bonds. The van der Waals surface area contributed by atoms with Gasteiger partial charge in [0, 0.05) is 18.4 Å². The van der Waals surface area contributed by atoms with Gasteiger partial charge in [-0.2, -0.15) is 0 Å². The number of alkyl halides is 2. The Kier molecular flexibility index (Phi) is 4.82. The molecule has 0 unspecified atom stereocenters. The second kappa shape index (κ2) is 6.00. The molecule has 0 aromatic carbocycles. The van der Waals surface area contributed by atoms with Crippen LogP contribution < -0.4 is 0 Å². The van der Waals surface area contributed by atoms with Crippen molar-refractivity contribution in [2.24, 2.45) is 0 Å². The van der Waals surface area contributed by atoms with Crippen molar-refractivity contribution in [3.8, 4) is 0 Å². The molecule has 0 aliphatic heterocycles. The Morgan fingerprint density at radius 2 is 1.17 bits per heavy atom. The molecule has 2 aliphatic rings. The van der Waals surface area contributed by atoms with Crippen molar-refractivity contribution in [3.63, 3.8) is 0 Å². The third kappa shape index (κ3) is 2.96. The average molecular weight is 280 g/mol. The highest BCUT2D eigenvalue weighted by Gasteiger charge is 2.43. The maximum atomic E-state index is 13.2. The summed E-state index contributed by atoms with van der Waals surface area (Å²) in [6.45, 7) is 0. The van der Waals surface area contributed by atoms with E-state index >= 15 is 0 Å². The van der Waals surface area contributed by atoms with Crippen LogP contribution in [0.4, 0.5) is 8.78 Å². The van der Waals surface area contributed by atoms with E-state index in [1.165, 1.54) is 7.11 Å². The highest BCUT2D eigenvalue weighted by molar-refractivity contribution is 7.60. The van der Waals surface area contributed by atoms with Gasteiger partial charge < -0.3 is 4.52 Å². The smallest absolute Gasteiger partial charge is 0.208 e. The Bertz CT molecular complexity index is 282. The Morgan fingerprint density at radius 1 is 0.833 bits per heavy atom. The second-order valence-electron chi connectivity index (χ2n) is 5.64. The topological polar surface area (TPSA) is 26.3 Å². The fraction of sp³-hybridized carbons (Fsp3) is 1.00. The molecule has 106 valence electrons. The molecule has 0 atom stereocenters. The minimum absolute atomic E-state index is 0.00402. The van der Waals surface area contributed by atoms with Gasteiger partial charge in [0.15, 0.2) is 0 Å². The highest BCUT2D eigenvalue weighted by atomic mass is 31.2. The third-order valence-electron chi connectivity index (χ3n) is 4.56. The summed E-state index contributed by atoms with van der Waals surface area (Å²) in [5.74, 6) is 0. The predicted molar refractivity (Wildman–Crippen MR) is 68.9 cm³/mol. The van der Waals surface area contributed by atoms with Crippen molar-refractivity contribution in [2.45, 2.75) is 75.0 Å². The van der Waals surface area contributed by atoms with E-state index in [2.05, 4.69) is 0 Å². The van der Waals surface area contributed by atoms with Crippen molar-refractivity contribution in [1.82, 2.24) is 0 Å². The molecule has 0 saturated heterocycles. The lowest BCUT2D eigenvalue weighted by Gasteiger charge is -2.37. The molecule has 2 aliphatic carbocycles. The first-order valence-corrected chi connectivity index (χ1v) is 8.76. The normalized spacial score (nSPS) is 41.3. The fourth-order valence-corrected chi connectivity index (χ4v) is 6.61. The van der Waals surface area contributed by atoms with Gasteiger partial charge in [-0.1, -0.05) is 0 Å². The molecule has 0 N–H and O–H groups in total. The number of hydrogen-bond donors (Lipinski definition) is 0. The van der Waals surface area contributed by atoms with E-state index in [-0.39, 0.29) is 11.3 Å². The van der Waals surface area contributed by atoms with Gasteiger partial charge in [0.1, 0.15) is 12.3 Å². The van der Waals surface area contributed by atoms with Crippen molar-refractivity contribution >= 4 is 7.37 Å². The summed E-state index contributed by atoms with van der Waals surface area (Å²) in [6, 6.07) is 0. The second-order valence-corrected chi connectivity index (χ2v) is 8.76. The zero-order chi connectivity index (χ0) is 13.2. The van der Waals surface area contributed by atoms with E-state index in [0.29, 0.717) is 51.4 Å². The van der Waals surface area contributed by atoms with Crippen LogP contribution in [0.2, 0.25) is 0 Å². The van der Waals surface area contributed by atoms with Gasteiger partial charge in [-0.25, -0.2) is 8.78 Å². The molecule has 5 heteroatoms. The molecule has 0 radical (unpaired) electrons. The van der Waals surface area contributed by atoms with Crippen molar-refractivity contribution < 1.29 is 17.9 Å². The van der Waals surface area contributed by atoms with Crippen molar-refractivity contribution in [1.29, 1.82) is 0 Å². The SMILES string of the molecule is COP(=O)(C1CCC(F)CC1)C1CCC(F)CC1. The summed E-state index contributed by atoms with van der Waals surface area (Å²) in [5.41, 5.74) is -0.00803. The average Bonchev–Trinajstić information content (AvgIpc) is 2.39. The molecule has 0 aromatic heterocycles. The van der Waals surface area contributed by atoms with E-state index in [1.54, 1.807) is 0 Å². The van der Waals surface area contributed by atoms with Crippen LogP contribution in [0.15, 0.2) is 0 Å². The maximum absolute atomic E-state index is 13.2. The minimum Gasteiger partial charge on any atom is -0.331 e. The van der Waals surface area contributed by atoms with E-state index in [1.807, 2.05) is 0 Å². The molecule has 2 nitrogen and oxygen atoms in total. The van der Waals surface area contributed by atoms with Crippen LogP contribution in [-0.2, 0) is 9.09 Å². The molecule has 2 saturated carbocycles. The Hall–Kier alpha value is 0.0500. The summed E-state index contributed by atoms with van der Waals surface area (Å²) in [7, 11) is -1.23. The van der Waals surface area contributed by atoms with Gasteiger partial charge in [-0.3, -0.25) is 4.57 Å². The number of hydrogen-bond acceptors (Lipinski definition) is 2. The molecular formula is C13H23F2O2P. The summed E-state index contributed by atoms with van der Waals surface area (Å²) in [5, 5.41) is 0. The van der Waals surface area contributed by atoms with Crippen LogP contribution >= 0.6 is 7.37 Å². The lowest BCUT2D eigenvalue weighted by atomic mass is 9.98. The molecule has 0 aromatic rings. The first-order valence-electron chi connectivity index (χ1n) is 6.99. The Morgan fingerprint density at radius 3 is 1.44 bits per heavy atom. The minimum atomic E-state index is -2.74. The number of halogens is 2. The summed E-state index contributed by atoms with van der Waals surface area (Å²) in [6.07, 6.45) is 3.12. The van der Waals surface area contributed by atoms with Gasteiger partial charge >= 0.3 is 0 Å². The zero-order valence-electron chi connectivity index (χ0n) is 11.0. The first kappa shape index (κ1) is 14.5. The standard InChI is InChI=1S/C13H23F2O2P/c1-17-18(16,12-6-2-10(14)3-7-12)13-8-4-11(15)5-9-13/h10-13H,2-9H2,1H3. The van der Waals surface area contributed by atoms with Crippen LogP contribution in [0.1, 0.15) is 51.4 Å². The lowest BCUT2D eigenvalue weighted by molar-refractivity contribution is 0.230. The zero-order valence-corrected chi connectivity index (χ0v) is 11.9. The number of rotatable bonds is 3. The Balaban J connectivity index is 2.03. The van der Waals surface area contributed by atoms with Gasteiger partial charge in [-0.05, 0) is 51.4 Å². The van der Waals surface area contributed by atoms with E-state index in [0.717, 1.165) is 0 Å². The van der Waals surface area contributed by atoms with Crippen molar-refractivity contribution in [3.05, 3.63) is 0 Å². The highest BCUT2D eigenvalue weighted by Crippen LogP contribution is 2.63. The summed E-state index contributed by atoms with van der Waals surface area (Å²) < 4.78 is 44.8. The quantitative estimate of drug-likeness (QED) is 0.713. The Labute approximate surface area is 108 Å². The van der Waals surface area contributed by atoms with Gasteiger partial charge in [0.05, 0.1) is 0 Å². The van der Waals surface area contributed by atoms with Crippen LogP contribution in [0.25, 0.3) is 0 Å². The predicted octanol–water partition coefficient (Wildman–Crippen LogP) is 4.47. The molecule has 0 heterocycles. The fourth-order valence-electron chi connectivity index (χ4n) is 3.39. The first-order chi connectivity index (χ1) is 8.56. The van der Waals surface area contributed by atoms with E-state index in [9.17, 15) is 13.3 Å². The maximum Gasteiger partial charge on any atom is 0.208 e. The van der Waals surface area contributed by atoms with Crippen LogP contribution in [-0.4, -0.2) is 30.8 Å². The van der Waals surface area contributed by atoms with Crippen LogP contribution in [0.3, 0.4) is 0 Å². The summed E-state index contributed by atoms with van der Waals surface area (Å²) in [4.78, 5) is 0. The third-order valence-corrected chi connectivity index (χ3v) is 8.20. The van der Waals surface area contributed by atoms with Crippen molar-refractivity contribution in [2.75, 3.05) is 7.11 Å². The van der Waals surface area contributed by atoms with Gasteiger partial charge in [0.25, 0.3) is 0 Å². The van der Waals surface area contributed by atoms with Gasteiger partial charge in [-0.15, -0.1) is 0 Å². The monoisotopic (exact) mass is 280 g/mol. The van der Waals surface area contributed by atoms with E-state index in [4.69, 9.17) is 4.52 Å².